The van der Waals surface area contributed by atoms with Crippen LogP contribution < -0.4 is 0 Å². The van der Waals surface area contributed by atoms with E-state index in [1.165, 1.54) is 23.5 Å². The molecule has 0 aliphatic rings. The van der Waals surface area contributed by atoms with Gasteiger partial charge in [-0.3, -0.25) is 0 Å². The summed E-state index contributed by atoms with van der Waals surface area (Å²) in [5.41, 5.74) is 0.481. The number of carbonyl (C=O) groups is 1. The normalized spacial score (nSPS) is 10.0. The van der Waals surface area contributed by atoms with E-state index in [0.29, 0.717) is 11.4 Å². The van der Waals surface area contributed by atoms with Crippen LogP contribution in [0.5, 0.6) is 0 Å². The van der Waals surface area contributed by atoms with E-state index in [9.17, 15) is 4.79 Å². The lowest BCUT2D eigenvalue weighted by Gasteiger charge is -2.02. The molecule has 0 spiro atoms. The molecule has 2 heterocycles. The standard InChI is InChI=1S/C10H8N4O2/c1-7(10(15)16)8-2-3-9(12-4-8)14-6-11-5-13-14/h2-6H,1H2,(H,15,16). The van der Waals surface area contributed by atoms with E-state index in [2.05, 4.69) is 21.6 Å². The fraction of sp³-hybridized carbons (Fsp3) is 0. The molecule has 2 aromatic heterocycles. The molecule has 0 fully saturated rings. The van der Waals surface area contributed by atoms with Gasteiger partial charge in [-0.05, 0) is 12.1 Å². The van der Waals surface area contributed by atoms with E-state index in [1.54, 1.807) is 12.1 Å². The van der Waals surface area contributed by atoms with Crippen LogP contribution in [0.1, 0.15) is 5.56 Å². The van der Waals surface area contributed by atoms with Crippen LogP contribution in [0.25, 0.3) is 11.4 Å². The maximum Gasteiger partial charge on any atom is 0.335 e. The molecular formula is C10H8N4O2. The van der Waals surface area contributed by atoms with E-state index in [1.807, 2.05) is 0 Å². The number of carboxylic acids is 1. The van der Waals surface area contributed by atoms with Gasteiger partial charge in [0.25, 0.3) is 0 Å². The number of pyridine rings is 1. The summed E-state index contributed by atoms with van der Waals surface area (Å²) in [6.07, 6.45) is 4.34. The van der Waals surface area contributed by atoms with E-state index in [4.69, 9.17) is 5.11 Å². The third kappa shape index (κ3) is 1.81. The van der Waals surface area contributed by atoms with Gasteiger partial charge in [-0.1, -0.05) is 6.58 Å². The van der Waals surface area contributed by atoms with Crippen molar-refractivity contribution in [3.8, 4) is 5.82 Å². The lowest BCUT2D eigenvalue weighted by atomic mass is 10.1. The number of rotatable bonds is 3. The molecule has 0 aliphatic carbocycles. The maximum atomic E-state index is 10.7. The Labute approximate surface area is 90.9 Å². The van der Waals surface area contributed by atoms with Crippen LogP contribution in [-0.4, -0.2) is 30.8 Å². The van der Waals surface area contributed by atoms with Crippen LogP contribution in [0.2, 0.25) is 0 Å². The van der Waals surface area contributed by atoms with Crippen LogP contribution in [0, 0.1) is 0 Å². The minimum absolute atomic E-state index is 0.0117. The zero-order valence-electron chi connectivity index (χ0n) is 8.24. The maximum absolute atomic E-state index is 10.7. The zero-order chi connectivity index (χ0) is 11.5. The molecule has 0 amide bonds. The first-order valence-corrected chi connectivity index (χ1v) is 4.42. The van der Waals surface area contributed by atoms with Gasteiger partial charge in [0.15, 0.2) is 5.82 Å². The van der Waals surface area contributed by atoms with Crippen molar-refractivity contribution < 1.29 is 9.90 Å². The van der Waals surface area contributed by atoms with Crippen LogP contribution in [-0.2, 0) is 4.79 Å². The zero-order valence-corrected chi connectivity index (χ0v) is 8.24. The van der Waals surface area contributed by atoms with E-state index < -0.39 is 5.97 Å². The SMILES string of the molecule is C=C(C(=O)O)c1ccc(-n2cncn2)nc1. The van der Waals surface area contributed by atoms with Crippen molar-refractivity contribution in [2.75, 3.05) is 0 Å². The molecule has 80 valence electrons. The van der Waals surface area contributed by atoms with Crippen LogP contribution >= 0.6 is 0 Å². The molecule has 0 atom stereocenters. The van der Waals surface area contributed by atoms with Gasteiger partial charge in [0.1, 0.15) is 12.7 Å². The summed E-state index contributed by atoms with van der Waals surface area (Å²) < 4.78 is 1.48. The van der Waals surface area contributed by atoms with Crippen LogP contribution in [0.15, 0.2) is 37.6 Å². The van der Waals surface area contributed by atoms with Gasteiger partial charge in [-0.15, -0.1) is 0 Å². The average molecular weight is 216 g/mol. The molecule has 0 saturated heterocycles. The minimum Gasteiger partial charge on any atom is -0.478 e. The van der Waals surface area contributed by atoms with Gasteiger partial charge in [0.05, 0.1) is 5.57 Å². The lowest BCUT2D eigenvalue weighted by molar-refractivity contribution is -0.130. The number of aromatic nitrogens is 4. The number of carboxylic acid groups (broad SMARTS) is 1. The Hall–Kier alpha value is -2.50. The van der Waals surface area contributed by atoms with Crippen LogP contribution in [0.4, 0.5) is 0 Å². The van der Waals surface area contributed by atoms with Crippen molar-refractivity contribution in [3.05, 3.63) is 43.1 Å². The fourth-order valence-corrected chi connectivity index (χ4v) is 1.15. The second-order valence-corrected chi connectivity index (χ2v) is 3.03. The summed E-state index contributed by atoms with van der Waals surface area (Å²) in [6.45, 7) is 3.44. The van der Waals surface area contributed by atoms with E-state index >= 15 is 0 Å². The average Bonchev–Trinajstić information content (AvgIpc) is 2.81. The minimum atomic E-state index is -1.06. The third-order valence-electron chi connectivity index (χ3n) is 2.01. The first kappa shape index (κ1) is 10.0. The monoisotopic (exact) mass is 216 g/mol. The fourth-order valence-electron chi connectivity index (χ4n) is 1.15. The topological polar surface area (TPSA) is 80.9 Å². The first-order chi connectivity index (χ1) is 7.68. The molecule has 0 bridgehead atoms. The van der Waals surface area contributed by atoms with Gasteiger partial charge in [0.2, 0.25) is 0 Å². The van der Waals surface area contributed by atoms with Crippen molar-refractivity contribution in [2.45, 2.75) is 0 Å². The summed E-state index contributed by atoms with van der Waals surface area (Å²) in [6, 6.07) is 3.28. The van der Waals surface area contributed by atoms with Gasteiger partial charge in [0, 0.05) is 11.8 Å². The number of hydrogen-bond acceptors (Lipinski definition) is 4. The molecule has 16 heavy (non-hydrogen) atoms. The summed E-state index contributed by atoms with van der Waals surface area (Å²) in [5, 5.41) is 12.6. The highest BCUT2D eigenvalue weighted by Gasteiger charge is 2.07. The molecule has 0 unspecified atom stereocenters. The van der Waals surface area contributed by atoms with Gasteiger partial charge >= 0.3 is 5.97 Å². The van der Waals surface area contributed by atoms with Crippen molar-refractivity contribution in [2.24, 2.45) is 0 Å². The molecular weight excluding hydrogens is 208 g/mol. The Morgan fingerprint density at radius 1 is 1.44 bits per heavy atom. The number of nitrogens with zero attached hydrogens (tertiary/aromatic N) is 4. The number of aliphatic carboxylic acids is 1. The summed E-state index contributed by atoms with van der Waals surface area (Å²) in [7, 11) is 0. The lowest BCUT2D eigenvalue weighted by Crippen LogP contribution is -2.01. The summed E-state index contributed by atoms with van der Waals surface area (Å²) in [4.78, 5) is 18.5. The third-order valence-corrected chi connectivity index (χ3v) is 2.01. The number of hydrogen-bond donors (Lipinski definition) is 1. The van der Waals surface area contributed by atoms with Crippen molar-refractivity contribution in [1.82, 2.24) is 19.7 Å². The molecule has 2 rings (SSSR count). The highest BCUT2D eigenvalue weighted by Crippen LogP contribution is 2.12. The second-order valence-electron chi connectivity index (χ2n) is 3.03. The summed E-state index contributed by atoms with van der Waals surface area (Å²) in [5.74, 6) is -0.491. The van der Waals surface area contributed by atoms with Gasteiger partial charge in [-0.2, -0.15) is 5.10 Å². The van der Waals surface area contributed by atoms with Gasteiger partial charge in [-0.25, -0.2) is 19.4 Å². The molecule has 0 saturated carbocycles. The Bertz CT molecular complexity index is 516. The molecule has 6 nitrogen and oxygen atoms in total. The molecule has 0 aliphatic heterocycles. The highest BCUT2D eigenvalue weighted by molar-refractivity contribution is 6.14. The quantitative estimate of drug-likeness (QED) is 0.766. The van der Waals surface area contributed by atoms with E-state index in [0.717, 1.165) is 0 Å². The van der Waals surface area contributed by atoms with Gasteiger partial charge < -0.3 is 5.11 Å². The van der Waals surface area contributed by atoms with Crippen molar-refractivity contribution in [1.29, 1.82) is 0 Å². The molecule has 0 radical (unpaired) electrons. The predicted molar refractivity (Wildman–Crippen MR) is 55.8 cm³/mol. The molecule has 0 aromatic carbocycles. The Morgan fingerprint density at radius 3 is 2.75 bits per heavy atom. The second kappa shape index (κ2) is 3.93. The predicted octanol–water partition coefficient (Wildman–Crippen LogP) is 0.760. The van der Waals surface area contributed by atoms with Crippen molar-refractivity contribution in [3.63, 3.8) is 0 Å². The highest BCUT2D eigenvalue weighted by atomic mass is 16.4. The Kier molecular flexibility index (Phi) is 2.47. The molecule has 1 N–H and O–H groups in total. The first-order valence-electron chi connectivity index (χ1n) is 4.42. The largest absolute Gasteiger partial charge is 0.478 e. The smallest absolute Gasteiger partial charge is 0.335 e. The van der Waals surface area contributed by atoms with Crippen LogP contribution in [0.3, 0.4) is 0 Å². The molecule has 2 aromatic rings. The Balaban J connectivity index is 2.30. The van der Waals surface area contributed by atoms with E-state index in [-0.39, 0.29) is 5.57 Å². The summed E-state index contributed by atoms with van der Waals surface area (Å²) >= 11 is 0. The Morgan fingerprint density at radius 2 is 2.25 bits per heavy atom. The van der Waals surface area contributed by atoms with Crippen molar-refractivity contribution >= 4 is 11.5 Å². The molecule has 6 heteroatoms.